The molecule has 0 radical (unpaired) electrons. The van der Waals surface area contributed by atoms with Gasteiger partial charge in [-0.25, -0.2) is 4.39 Å². The lowest BCUT2D eigenvalue weighted by Crippen LogP contribution is -2.50. The van der Waals surface area contributed by atoms with Crippen molar-refractivity contribution in [2.24, 2.45) is 5.73 Å². The highest BCUT2D eigenvalue weighted by Gasteiger charge is 2.30. The molecule has 23 heavy (non-hydrogen) atoms. The van der Waals surface area contributed by atoms with E-state index in [-0.39, 0.29) is 17.8 Å². The van der Waals surface area contributed by atoms with Crippen LogP contribution in [0.15, 0.2) is 54.6 Å². The Hall–Kier alpha value is -2.40. The Morgan fingerprint density at radius 3 is 2.43 bits per heavy atom. The van der Waals surface area contributed by atoms with Gasteiger partial charge in [-0.3, -0.25) is 4.79 Å². The quantitative estimate of drug-likeness (QED) is 0.861. The molecule has 0 spiro atoms. The predicted octanol–water partition coefficient (Wildman–Crippen LogP) is 2.58. The van der Waals surface area contributed by atoms with Crippen molar-refractivity contribution in [3.8, 4) is 5.75 Å². The number of rotatable bonds is 6. The maximum Gasteiger partial charge on any atom is 0.244 e. The maximum atomic E-state index is 12.8. The molecule has 0 saturated carbocycles. The normalized spacial score (nSPS) is 14.6. The third-order valence-corrected chi connectivity index (χ3v) is 3.55. The predicted molar refractivity (Wildman–Crippen MR) is 87.5 cm³/mol. The van der Waals surface area contributed by atoms with Gasteiger partial charge in [-0.2, -0.15) is 0 Å². The summed E-state index contributed by atoms with van der Waals surface area (Å²) >= 11 is 0. The molecule has 0 bridgehead atoms. The molecule has 0 heterocycles. The molecule has 2 aromatic rings. The zero-order valence-electron chi connectivity index (χ0n) is 13.3. The topological polar surface area (TPSA) is 64.4 Å². The molecule has 0 aliphatic carbocycles. The summed E-state index contributed by atoms with van der Waals surface area (Å²) < 4.78 is 18.5. The van der Waals surface area contributed by atoms with Crippen molar-refractivity contribution in [3.63, 3.8) is 0 Å². The van der Waals surface area contributed by atoms with Gasteiger partial charge in [-0.05, 0) is 43.7 Å². The second-order valence-electron chi connectivity index (χ2n) is 5.66. The Balaban J connectivity index is 1.89. The van der Waals surface area contributed by atoms with Gasteiger partial charge < -0.3 is 15.8 Å². The number of halogens is 1. The molecule has 4 nitrogen and oxygen atoms in total. The van der Waals surface area contributed by atoms with E-state index < -0.39 is 5.54 Å². The minimum Gasteiger partial charge on any atom is -0.489 e. The number of ether oxygens (including phenoxy) is 1. The fraction of sp³-hybridized carbons (Fsp3) is 0.278. The molecule has 0 aromatic heterocycles. The molecule has 0 saturated heterocycles. The fourth-order valence-electron chi connectivity index (χ4n) is 2.12. The van der Waals surface area contributed by atoms with E-state index in [1.807, 2.05) is 37.3 Å². The Morgan fingerprint density at radius 2 is 1.83 bits per heavy atom. The molecule has 1 amide bonds. The van der Waals surface area contributed by atoms with Crippen LogP contribution in [0.2, 0.25) is 0 Å². The molecular weight excluding hydrogens is 295 g/mol. The largest absolute Gasteiger partial charge is 0.489 e. The average molecular weight is 316 g/mol. The number of hydrogen-bond acceptors (Lipinski definition) is 3. The van der Waals surface area contributed by atoms with Crippen LogP contribution in [-0.4, -0.2) is 18.6 Å². The molecule has 0 aliphatic rings. The minimum atomic E-state index is -1.11. The first-order chi connectivity index (χ1) is 10.9. The summed E-state index contributed by atoms with van der Waals surface area (Å²) in [5, 5.41) is 2.79. The lowest BCUT2D eigenvalue weighted by Gasteiger charge is -2.25. The number of hydrogen-bond donors (Lipinski definition) is 2. The van der Waals surface area contributed by atoms with Crippen molar-refractivity contribution < 1.29 is 13.9 Å². The number of carbonyl (C=O) groups excluding carboxylic acids is 1. The van der Waals surface area contributed by atoms with Crippen LogP contribution in [0.25, 0.3) is 0 Å². The van der Waals surface area contributed by atoms with E-state index in [4.69, 9.17) is 10.5 Å². The van der Waals surface area contributed by atoms with Crippen LogP contribution < -0.4 is 15.8 Å². The molecule has 3 N–H and O–H groups in total. The minimum absolute atomic E-state index is 0.268. The molecule has 0 fully saturated rings. The molecule has 5 heteroatoms. The molecule has 0 aliphatic heterocycles. The van der Waals surface area contributed by atoms with Crippen LogP contribution in [-0.2, 0) is 10.3 Å². The van der Waals surface area contributed by atoms with Crippen LogP contribution in [0.5, 0.6) is 5.75 Å². The van der Waals surface area contributed by atoms with E-state index in [2.05, 4.69) is 5.32 Å². The van der Waals surface area contributed by atoms with Gasteiger partial charge in [-0.1, -0.05) is 30.3 Å². The van der Waals surface area contributed by atoms with Crippen LogP contribution in [0.4, 0.5) is 4.39 Å². The van der Waals surface area contributed by atoms with Crippen molar-refractivity contribution in [1.29, 1.82) is 0 Å². The zero-order chi connectivity index (χ0) is 16.9. The number of carbonyl (C=O) groups is 1. The smallest absolute Gasteiger partial charge is 0.244 e. The van der Waals surface area contributed by atoms with Crippen molar-refractivity contribution >= 4 is 5.91 Å². The summed E-state index contributed by atoms with van der Waals surface area (Å²) in [7, 11) is 0. The lowest BCUT2D eigenvalue weighted by molar-refractivity contribution is -0.126. The summed E-state index contributed by atoms with van der Waals surface area (Å²) in [6.45, 7) is 3.79. The standard InChI is InChI=1S/C18H21FN2O2/c1-13(23-16-10-8-15(19)9-11-16)12-21-17(22)18(2,20)14-6-4-3-5-7-14/h3-11,13H,12,20H2,1-2H3,(H,21,22). The zero-order valence-corrected chi connectivity index (χ0v) is 13.3. The number of benzene rings is 2. The number of amides is 1. The Bertz CT molecular complexity index is 642. The average Bonchev–Trinajstić information content (AvgIpc) is 2.55. The van der Waals surface area contributed by atoms with Gasteiger partial charge >= 0.3 is 0 Å². The van der Waals surface area contributed by atoms with Gasteiger partial charge in [0.2, 0.25) is 5.91 Å². The first-order valence-corrected chi connectivity index (χ1v) is 7.44. The van der Waals surface area contributed by atoms with Gasteiger partial charge in [0, 0.05) is 0 Å². The first-order valence-electron chi connectivity index (χ1n) is 7.44. The van der Waals surface area contributed by atoms with Gasteiger partial charge in [0.05, 0.1) is 6.54 Å². The summed E-state index contributed by atoms with van der Waals surface area (Å²) in [5.41, 5.74) is 5.77. The molecular formula is C18H21FN2O2. The summed E-state index contributed by atoms with van der Waals surface area (Å²) in [6.07, 6.45) is -0.268. The Morgan fingerprint density at radius 1 is 1.22 bits per heavy atom. The number of nitrogens with two attached hydrogens (primary N) is 1. The maximum absolute atomic E-state index is 12.8. The van der Waals surface area contributed by atoms with E-state index in [0.29, 0.717) is 12.3 Å². The summed E-state index contributed by atoms with van der Waals surface area (Å²) in [4.78, 5) is 12.3. The second kappa shape index (κ2) is 7.24. The lowest BCUT2D eigenvalue weighted by atomic mass is 9.92. The van der Waals surface area contributed by atoms with E-state index in [1.165, 1.54) is 12.1 Å². The third kappa shape index (κ3) is 4.53. The van der Waals surface area contributed by atoms with Crippen molar-refractivity contribution in [3.05, 3.63) is 66.0 Å². The second-order valence-corrected chi connectivity index (χ2v) is 5.66. The molecule has 2 atom stereocenters. The van der Waals surface area contributed by atoms with Crippen LogP contribution >= 0.6 is 0 Å². The Labute approximate surface area is 135 Å². The van der Waals surface area contributed by atoms with Crippen LogP contribution in [0, 0.1) is 5.82 Å². The van der Waals surface area contributed by atoms with E-state index in [0.717, 1.165) is 5.56 Å². The summed E-state index contributed by atoms with van der Waals surface area (Å²) in [6, 6.07) is 14.9. The first kappa shape index (κ1) is 17.0. The van der Waals surface area contributed by atoms with E-state index in [9.17, 15) is 9.18 Å². The molecule has 2 aromatic carbocycles. The molecule has 2 rings (SSSR count). The van der Waals surface area contributed by atoms with Crippen molar-refractivity contribution in [2.45, 2.75) is 25.5 Å². The Kier molecular flexibility index (Phi) is 5.34. The monoisotopic (exact) mass is 316 g/mol. The highest BCUT2D eigenvalue weighted by atomic mass is 19.1. The third-order valence-electron chi connectivity index (χ3n) is 3.55. The molecule has 122 valence electrons. The van der Waals surface area contributed by atoms with Gasteiger partial charge in [0.25, 0.3) is 0 Å². The van der Waals surface area contributed by atoms with Gasteiger partial charge in [0.1, 0.15) is 23.2 Å². The summed E-state index contributed by atoms with van der Waals surface area (Å²) in [5.74, 6) is -0.0509. The highest BCUT2D eigenvalue weighted by molar-refractivity contribution is 5.86. The van der Waals surface area contributed by atoms with Crippen LogP contribution in [0.1, 0.15) is 19.4 Å². The molecule has 2 unspecified atom stereocenters. The number of nitrogens with one attached hydrogen (secondary N) is 1. The SMILES string of the molecule is CC(CNC(=O)C(C)(N)c1ccccc1)Oc1ccc(F)cc1. The van der Waals surface area contributed by atoms with Crippen molar-refractivity contribution in [1.82, 2.24) is 5.32 Å². The van der Waals surface area contributed by atoms with E-state index >= 15 is 0 Å². The van der Waals surface area contributed by atoms with E-state index in [1.54, 1.807) is 19.1 Å². The highest BCUT2D eigenvalue weighted by Crippen LogP contribution is 2.17. The van der Waals surface area contributed by atoms with Crippen molar-refractivity contribution in [2.75, 3.05) is 6.54 Å². The fourth-order valence-corrected chi connectivity index (χ4v) is 2.12. The van der Waals surface area contributed by atoms with Gasteiger partial charge in [0.15, 0.2) is 0 Å². The van der Waals surface area contributed by atoms with Gasteiger partial charge in [-0.15, -0.1) is 0 Å². The van der Waals surface area contributed by atoms with Crippen LogP contribution in [0.3, 0.4) is 0 Å².